The second-order valence-electron chi connectivity index (χ2n) is 7.27. The molecule has 3 aromatic rings. The number of hydrogen-bond acceptors (Lipinski definition) is 5. The van der Waals surface area contributed by atoms with Gasteiger partial charge < -0.3 is 20.5 Å². The summed E-state index contributed by atoms with van der Waals surface area (Å²) >= 11 is 0. The maximum Gasteiger partial charge on any atom is 0.407 e. The molecular formula is C24H20N4O5. The topological polar surface area (TPSA) is 123 Å². The Morgan fingerprint density at radius 2 is 1.73 bits per heavy atom. The summed E-state index contributed by atoms with van der Waals surface area (Å²) in [7, 11) is 1.45. The predicted octanol–water partition coefficient (Wildman–Crippen LogP) is 2.60. The normalized spacial score (nSPS) is 11.5. The molecule has 2 amide bonds. The van der Waals surface area contributed by atoms with Crippen molar-refractivity contribution in [3.05, 3.63) is 71.5 Å². The Kier molecular flexibility index (Phi) is 6.09. The van der Waals surface area contributed by atoms with Gasteiger partial charge >= 0.3 is 12.1 Å². The van der Waals surface area contributed by atoms with Gasteiger partial charge in [-0.1, -0.05) is 54.5 Å². The van der Waals surface area contributed by atoms with Gasteiger partial charge in [0.15, 0.2) is 5.69 Å². The van der Waals surface area contributed by atoms with E-state index in [0.29, 0.717) is 0 Å². The fourth-order valence-corrected chi connectivity index (χ4v) is 3.83. The number of ether oxygens (including phenoxy) is 1. The molecule has 1 aliphatic rings. The molecule has 33 heavy (non-hydrogen) atoms. The molecule has 1 aliphatic carbocycles. The van der Waals surface area contributed by atoms with Crippen LogP contribution in [0.1, 0.15) is 27.5 Å². The average molecular weight is 444 g/mol. The minimum Gasteiger partial charge on any atom is -0.476 e. The van der Waals surface area contributed by atoms with Crippen LogP contribution in [-0.2, 0) is 16.6 Å². The molecule has 0 spiro atoms. The first-order chi connectivity index (χ1) is 16.0. The van der Waals surface area contributed by atoms with Crippen molar-refractivity contribution in [2.75, 3.05) is 18.5 Å². The van der Waals surface area contributed by atoms with Crippen LogP contribution in [0.3, 0.4) is 0 Å². The molecular weight excluding hydrogens is 424 g/mol. The zero-order valence-electron chi connectivity index (χ0n) is 17.7. The first-order valence-corrected chi connectivity index (χ1v) is 10.1. The molecule has 0 bridgehead atoms. The molecule has 1 heterocycles. The van der Waals surface area contributed by atoms with Gasteiger partial charge in [-0.25, -0.2) is 9.59 Å². The number of alkyl carbamates (subject to hydrolysis) is 1. The number of carbonyl (C=O) groups excluding carboxylic acids is 2. The zero-order chi connectivity index (χ0) is 23.4. The minimum absolute atomic E-state index is 0.0359. The van der Waals surface area contributed by atoms with Gasteiger partial charge in [-0.3, -0.25) is 9.48 Å². The third kappa shape index (κ3) is 4.55. The first-order valence-electron chi connectivity index (χ1n) is 10.1. The van der Waals surface area contributed by atoms with Crippen molar-refractivity contribution in [1.82, 2.24) is 15.1 Å². The van der Waals surface area contributed by atoms with E-state index in [1.54, 1.807) is 0 Å². The Hall–Kier alpha value is -4.58. The lowest BCUT2D eigenvalue weighted by molar-refractivity contribution is -0.111. The maximum absolute atomic E-state index is 12.1. The molecule has 0 saturated carbocycles. The fraction of sp³-hybridized carbons (Fsp3) is 0.167. The number of anilines is 1. The van der Waals surface area contributed by atoms with Crippen LogP contribution in [-0.4, -0.2) is 46.0 Å². The molecule has 0 atom stereocenters. The SMILES string of the molecule is Cn1ncc(NC(=O)C#CCNC(=O)OCC2c3ccccc3-c3ccccc32)c1C(=O)O. The molecule has 0 radical (unpaired) electrons. The van der Waals surface area contributed by atoms with Gasteiger partial charge in [-0.2, -0.15) is 5.10 Å². The third-order valence-corrected chi connectivity index (χ3v) is 5.26. The summed E-state index contributed by atoms with van der Waals surface area (Å²) in [5.74, 6) is 2.79. The van der Waals surface area contributed by atoms with Crippen molar-refractivity contribution >= 4 is 23.7 Å². The van der Waals surface area contributed by atoms with E-state index in [4.69, 9.17) is 9.84 Å². The van der Waals surface area contributed by atoms with Crippen molar-refractivity contribution in [1.29, 1.82) is 0 Å². The van der Waals surface area contributed by atoms with Gasteiger partial charge in [0, 0.05) is 13.0 Å². The number of aromatic nitrogens is 2. The molecule has 9 nitrogen and oxygen atoms in total. The number of carboxylic acids is 1. The number of carbonyl (C=O) groups is 3. The number of benzene rings is 2. The molecule has 0 saturated heterocycles. The van der Waals surface area contributed by atoms with Crippen LogP contribution in [0, 0.1) is 11.8 Å². The largest absolute Gasteiger partial charge is 0.476 e. The lowest BCUT2D eigenvalue weighted by Gasteiger charge is -2.14. The van der Waals surface area contributed by atoms with E-state index < -0.39 is 18.0 Å². The number of aromatic carboxylic acids is 1. The van der Waals surface area contributed by atoms with Crippen LogP contribution in [0.25, 0.3) is 11.1 Å². The quantitative estimate of drug-likeness (QED) is 0.520. The Labute approximate surface area is 189 Å². The van der Waals surface area contributed by atoms with Gasteiger partial charge in [0.1, 0.15) is 6.61 Å². The first kappa shape index (κ1) is 21.6. The average Bonchev–Trinajstić information content (AvgIpc) is 3.33. The highest BCUT2D eigenvalue weighted by molar-refractivity contribution is 6.07. The lowest BCUT2D eigenvalue weighted by Crippen LogP contribution is -2.26. The third-order valence-electron chi connectivity index (χ3n) is 5.26. The highest BCUT2D eigenvalue weighted by atomic mass is 16.5. The van der Waals surface area contributed by atoms with Crippen molar-refractivity contribution in [3.63, 3.8) is 0 Å². The lowest BCUT2D eigenvalue weighted by atomic mass is 9.98. The molecule has 166 valence electrons. The maximum atomic E-state index is 12.1. The summed E-state index contributed by atoms with van der Waals surface area (Å²) < 4.78 is 6.52. The highest BCUT2D eigenvalue weighted by Crippen LogP contribution is 2.44. The Bertz CT molecular complexity index is 1260. The smallest absolute Gasteiger partial charge is 0.407 e. The van der Waals surface area contributed by atoms with E-state index in [2.05, 4.69) is 39.7 Å². The summed E-state index contributed by atoms with van der Waals surface area (Å²) in [4.78, 5) is 35.2. The standard InChI is InChI=1S/C24H20N4O5/c1-28-22(23(30)31)20(13-26-28)27-21(29)11-6-12-25-24(32)33-14-19-17-9-4-2-7-15(17)16-8-3-5-10-18(16)19/h2-5,7-10,13,19H,12,14H2,1H3,(H,25,32)(H,27,29)(H,30,31). The van der Waals surface area contributed by atoms with Gasteiger partial charge in [0.05, 0.1) is 18.4 Å². The molecule has 0 fully saturated rings. The van der Waals surface area contributed by atoms with E-state index in [-0.39, 0.29) is 30.5 Å². The van der Waals surface area contributed by atoms with Gasteiger partial charge in [-0.05, 0) is 28.2 Å². The van der Waals surface area contributed by atoms with Crippen molar-refractivity contribution < 1.29 is 24.2 Å². The van der Waals surface area contributed by atoms with Crippen LogP contribution < -0.4 is 10.6 Å². The number of nitrogens with one attached hydrogen (secondary N) is 2. The molecule has 2 aromatic carbocycles. The zero-order valence-corrected chi connectivity index (χ0v) is 17.7. The van der Waals surface area contributed by atoms with Crippen LogP contribution in [0.5, 0.6) is 0 Å². The van der Waals surface area contributed by atoms with Crippen LogP contribution in [0.15, 0.2) is 54.7 Å². The highest BCUT2D eigenvalue weighted by Gasteiger charge is 2.28. The fourth-order valence-electron chi connectivity index (χ4n) is 3.83. The second-order valence-corrected chi connectivity index (χ2v) is 7.27. The molecule has 9 heteroatoms. The molecule has 0 unspecified atom stereocenters. The van der Waals surface area contributed by atoms with Crippen molar-refractivity contribution in [2.24, 2.45) is 7.05 Å². The van der Waals surface area contributed by atoms with Crippen LogP contribution in [0.4, 0.5) is 10.5 Å². The summed E-state index contributed by atoms with van der Waals surface area (Å²) in [5.41, 5.74) is 4.37. The summed E-state index contributed by atoms with van der Waals surface area (Å²) in [6, 6.07) is 16.1. The minimum atomic E-state index is -1.23. The summed E-state index contributed by atoms with van der Waals surface area (Å²) in [5, 5.41) is 17.8. The van der Waals surface area contributed by atoms with E-state index >= 15 is 0 Å². The number of rotatable bonds is 5. The van der Waals surface area contributed by atoms with E-state index in [0.717, 1.165) is 26.9 Å². The predicted molar refractivity (Wildman–Crippen MR) is 120 cm³/mol. The molecule has 0 aliphatic heterocycles. The van der Waals surface area contributed by atoms with Crippen molar-refractivity contribution in [3.8, 4) is 23.0 Å². The van der Waals surface area contributed by atoms with E-state index in [9.17, 15) is 14.4 Å². The van der Waals surface area contributed by atoms with Crippen LogP contribution >= 0.6 is 0 Å². The monoisotopic (exact) mass is 444 g/mol. The number of hydrogen-bond donors (Lipinski definition) is 3. The number of amides is 2. The number of carboxylic acid groups (broad SMARTS) is 1. The Morgan fingerprint density at radius 3 is 2.36 bits per heavy atom. The van der Waals surface area contributed by atoms with Gasteiger partial charge in [0.2, 0.25) is 0 Å². The Morgan fingerprint density at radius 1 is 1.09 bits per heavy atom. The van der Waals surface area contributed by atoms with Crippen LogP contribution in [0.2, 0.25) is 0 Å². The Balaban J connectivity index is 1.29. The number of nitrogens with zero attached hydrogens (tertiary/aromatic N) is 2. The van der Waals surface area contributed by atoms with Crippen molar-refractivity contribution in [2.45, 2.75) is 5.92 Å². The summed E-state index contributed by atoms with van der Waals surface area (Å²) in [6.45, 7) is 0.0651. The van der Waals surface area contributed by atoms with E-state index in [1.807, 2.05) is 36.4 Å². The van der Waals surface area contributed by atoms with E-state index in [1.165, 1.54) is 13.2 Å². The second kappa shape index (κ2) is 9.28. The number of fused-ring (bicyclic) bond motifs is 3. The molecule has 3 N–H and O–H groups in total. The summed E-state index contributed by atoms with van der Waals surface area (Å²) in [6.07, 6.45) is 0.574. The van der Waals surface area contributed by atoms with Gasteiger partial charge in [-0.15, -0.1) is 0 Å². The van der Waals surface area contributed by atoms with Gasteiger partial charge in [0.25, 0.3) is 5.91 Å². The number of aryl methyl sites for hydroxylation is 1. The molecule has 4 rings (SSSR count). The molecule has 1 aromatic heterocycles.